The van der Waals surface area contributed by atoms with E-state index in [1.165, 1.54) is 0 Å². The van der Waals surface area contributed by atoms with Crippen molar-refractivity contribution in [1.82, 2.24) is 29.9 Å². The van der Waals surface area contributed by atoms with Crippen LogP contribution >= 0.6 is 0 Å². The molecule has 0 saturated carbocycles. The highest BCUT2D eigenvalue weighted by Crippen LogP contribution is 2.31. The van der Waals surface area contributed by atoms with E-state index < -0.39 is 16.0 Å². The molecule has 3 rings (SSSR count). The average Bonchev–Trinajstić information content (AvgIpc) is 3.46. The summed E-state index contributed by atoms with van der Waals surface area (Å²) in [5.41, 5.74) is 2.03. The summed E-state index contributed by atoms with van der Waals surface area (Å²) in [5.74, 6) is -0.771. The van der Waals surface area contributed by atoms with Crippen LogP contribution in [0.15, 0.2) is 29.2 Å². The lowest BCUT2D eigenvalue weighted by atomic mass is 9.87. The number of carboxylic acids is 1. The minimum atomic E-state index is -3.98. The molecule has 1 atom stereocenters. The largest absolute Gasteiger partial charge is 0.492 e. The Morgan fingerprint density at radius 1 is 1.10 bits per heavy atom. The zero-order chi connectivity index (χ0) is 30.6. The second kappa shape index (κ2) is 12.6. The number of nitrogens with zero attached hydrogens (tertiary/aromatic N) is 3. The van der Waals surface area contributed by atoms with Crippen LogP contribution in [-0.4, -0.2) is 64.9 Å². The van der Waals surface area contributed by atoms with Gasteiger partial charge in [-0.2, -0.15) is 14.7 Å². The van der Waals surface area contributed by atoms with Gasteiger partial charge >= 0.3 is 5.97 Å². The van der Waals surface area contributed by atoms with Crippen molar-refractivity contribution in [2.24, 2.45) is 0 Å². The number of carbonyl (C=O) groups excluding carboxylic acids is 1. The second-order valence-electron chi connectivity index (χ2n) is 12.3. The molecule has 0 spiro atoms. The molecule has 41 heavy (non-hydrogen) atoms. The molecule has 0 radical (unpaired) electrons. The molecule has 1 amide bonds. The monoisotopic (exact) mass is 590 g/mol. The van der Waals surface area contributed by atoms with Crippen LogP contribution in [0.4, 0.5) is 0 Å². The van der Waals surface area contributed by atoms with Crippen molar-refractivity contribution >= 4 is 27.5 Å². The number of aliphatic carboxylic acids is 1. The predicted octanol–water partition coefficient (Wildman–Crippen LogP) is 3.48. The van der Waals surface area contributed by atoms with Gasteiger partial charge in [-0.15, -0.1) is 0 Å². The highest BCUT2D eigenvalue weighted by atomic mass is 32.2. The Kier molecular flexibility index (Phi) is 9.85. The number of hydrogen-bond acceptors (Lipinski definition) is 7. The van der Waals surface area contributed by atoms with Crippen LogP contribution in [0.2, 0.25) is 0 Å². The summed E-state index contributed by atoms with van der Waals surface area (Å²) in [6, 6.07) is 7.03. The first-order valence-corrected chi connectivity index (χ1v) is 15.2. The molecule has 2 heterocycles. The van der Waals surface area contributed by atoms with Crippen LogP contribution in [-0.2, 0) is 30.4 Å². The fraction of sp³-hybridized carbons (Fsp3) is 0.571. The molecule has 1 unspecified atom stereocenters. The number of aromatic amines is 1. The van der Waals surface area contributed by atoms with Crippen molar-refractivity contribution in [2.75, 3.05) is 19.7 Å². The van der Waals surface area contributed by atoms with Gasteiger partial charge in [0.2, 0.25) is 15.9 Å². The molecule has 226 valence electrons. The van der Waals surface area contributed by atoms with Crippen molar-refractivity contribution in [2.45, 2.75) is 89.4 Å². The van der Waals surface area contributed by atoms with E-state index in [0.29, 0.717) is 12.2 Å². The average molecular weight is 591 g/mol. The molecule has 3 aromatic rings. The number of fused-ring (bicyclic) bond motifs is 1. The standard InChI is InChI=1S/C28H42N6O6S/c1-18(26-32-31-23-16-22(28(5,6)7)33-34(23)26)17-30-41(38,39)21-15-19(27(2,3)4)10-11-20(21)40-14-8-9-24(35)29-13-12-25(36)37/h10-11,15-16,18,30-31H,8-9,12-14,17H2,1-7H3,(H,29,35)(H,36,37). The first-order chi connectivity index (χ1) is 19.0. The van der Waals surface area contributed by atoms with Crippen molar-refractivity contribution in [3.63, 3.8) is 0 Å². The summed E-state index contributed by atoms with van der Waals surface area (Å²) in [6.07, 6.45) is 0.305. The van der Waals surface area contributed by atoms with E-state index >= 15 is 0 Å². The lowest BCUT2D eigenvalue weighted by Crippen LogP contribution is -2.29. The lowest BCUT2D eigenvalue weighted by molar-refractivity contribution is -0.136. The van der Waals surface area contributed by atoms with E-state index in [1.807, 2.05) is 39.8 Å². The molecule has 1 aromatic carbocycles. The Bertz CT molecular complexity index is 1480. The number of nitrogens with one attached hydrogen (secondary N) is 3. The van der Waals surface area contributed by atoms with Gasteiger partial charge in [0.05, 0.1) is 18.7 Å². The summed E-state index contributed by atoms with van der Waals surface area (Å²) in [5, 5.41) is 23.2. The Labute approximate surface area is 241 Å². The molecule has 0 aliphatic heterocycles. The third-order valence-corrected chi connectivity index (χ3v) is 8.01. The summed E-state index contributed by atoms with van der Waals surface area (Å²) < 4.78 is 37.4. The minimum Gasteiger partial charge on any atom is -0.492 e. The van der Waals surface area contributed by atoms with E-state index in [9.17, 15) is 18.0 Å². The Morgan fingerprint density at radius 2 is 1.80 bits per heavy atom. The predicted molar refractivity (Wildman–Crippen MR) is 155 cm³/mol. The van der Waals surface area contributed by atoms with Gasteiger partial charge in [0, 0.05) is 36.9 Å². The Hall–Kier alpha value is -3.45. The van der Waals surface area contributed by atoms with Crippen LogP contribution in [0.25, 0.3) is 5.65 Å². The summed E-state index contributed by atoms with van der Waals surface area (Å²) in [6.45, 7) is 14.3. The number of H-pyrrole nitrogens is 1. The lowest BCUT2D eigenvalue weighted by Gasteiger charge is -2.22. The number of ether oxygens (including phenoxy) is 1. The highest BCUT2D eigenvalue weighted by Gasteiger charge is 2.26. The zero-order valence-corrected chi connectivity index (χ0v) is 25.7. The summed E-state index contributed by atoms with van der Waals surface area (Å²) in [7, 11) is -3.98. The fourth-order valence-corrected chi connectivity index (χ4v) is 5.30. The SMILES string of the molecule is CC(CNS(=O)(=O)c1cc(C(C)(C)C)ccc1OCCCC(=O)NCCC(=O)O)c1n[nH]c2cc(C(C)(C)C)nn12. The van der Waals surface area contributed by atoms with E-state index in [0.717, 1.165) is 16.9 Å². The molecule has 13 heteroatoms. The molecular formula is C28H42N6O6S. The second-order valence-corrected chi connectivity index (χ2v) is 14.0. The van der Waals surface area contributed by atoms with Gasteiger partial charge in [-0.1, -0.05) is 54.5 Å². The van der Waals surface area contributed by atoms with Crippen LogP contribution in [0.3, 0.4) is 0 Å². The molecular weight excluding hydrogens is 548 g/mol. The van der Waals surface area contributed by atoms with E-state index in [1.54, 1.807) is 16.6 Å². The number of carboxylic acid groups (broad SMARTS) is 1. The van der Waals surface area contributed by atoms with Gasteiger partial charge < -0.3 is 15.2 Å². The molecule has 0 fully saturated rings. The number of amides is 1. The summed E-state index contributed by atoms with van der Waals surface area (Å²) >= 11 is 0. The maximum absolute atomic E-state index is 13.6. The van der Waals surface area contributed by atoms with Crippen molar-refractivity contribution in [3.8, 4) is 5.75 Å². The third kappa shape index (κ3) is 8.52. The van der Waals surface area contributed by atoms with Gasteiger partial charge in [-0.05, 0) is 29.5 Å². The maximum Gasteiger partial charge on any atom is 0.305 e. The van der Waals surface area contributed by atoms with Crippen molar-refractivity contribution in [3.05, 3.63) is 41.3 Å². The molecule has 0 bridgehead atoms. The molecule has 2 aromatic heterocycles. The van der Waals surface area contributed by atoms with Crippen LogP contribution in [0.5, 0.6) is 5.75 Å². The van der Waals surface area contributed by atoms with E-state index in [-0.39, 0.29) is 65.8 Å². The Balaban J connectivity index is 1.72. The minimum absolute atomic E-state index is 0.0179. The van der Waals surface area contributed by atoms with Crippen molar-refractivity contribution in [1.29, 1.82) is 0 Å². The number of rotatable bonds is 13. The number of sulfonamides is 1. The van der Waals surface area contributed by atoms with E-state index in [2.05, 4.69) is 46.1 Å². The van der Waals surface area contributed by atoms with Crippen LogP contribution in [0.1, 0.15) is 90.7 Å². The van der Waals surface area contributed by atoms with Gasteiger partial charge in [-0.3, -0.25) is 14.7 Å². The van der Waals surface area contributed by atoms with Gasteiger partial charge in [0.1, 0.15) is 10.6 Å². The van der Waals surface area contributed by atoms with Crippen molar-refractivity contribution < 1.29 is 27.9 Å². The van der Waals surface area contributed by atoms with Crippen LogP contribution < -0.4 is 14.8 Å². The van der Waals surface area contributed by atoms with E-state index in [4.69, 9.17) is 9.84 Å². The van der Waals surface area contributed by atoms with Gasteiger partial charge in [0.15, 0.2) is 11.5 Å². The highest BCUT2D eigenvalue weighted by molar-refractivity contribution is 7.89. The Morgan fingerprint density at radius 3 is 2.44 bits per heavy atom. The molecule has 0 aliphatic carbocycles. The third-order valence-electron chi connectivity index (χ3n) is 6.57. The number of benzene rings is 1. The smallest absolute Gasteiger partial charge is 0.305 e. The summed E-state index contributed by atoms with van der Waals surface area (Å²) in [4.78, 5) is 22.5. The molecule has 0 saturated heterocycles. The maximum atomic E-state index is 13.6. The zero-order valence-electron chi connectivity index (χ0n) is 24.9. The topological polar surface area (TPSA) is 168 Å². The number of hydrogen-bond donors (Lipinski definition) is 4. The number of carbonyl (C=O) groups is 2. The first-order valence-electron chi connectivity index (χ1n) is 13.7. The molecule has 12 nitrogen and oxygen atoms in total. The van der Waals surface area contributed by atoms with Gasteiger partial charge in [0.25, 0.3) is 0 Å². The van der Waals surface area contributed by atoms with Crippen LogP contribution in [0, 0.1) is 0 Å². The fourth-order valence-electron chi connectivity index (χ4n) is 4.00. The number of aromatic nitrogens is 4. The normalized spacial score (nSPS) is 13.3. The molecule has 0 aliphatic rings. The first kappa shape index (κ1) is 32.1. The van der Waals surface area contributed by atoms with Gasteiger partial charge in [-0.25, -0.2) is 13.1 Å². The quantitative estimate of drug-likeness (QED) is 0.219. The molecule has 4 N–H and O–H groups in total.